The first-order valence-corrected chi connectivity index (χ1v) is 5.50. The molecule has 0 bridgehead atoms. The van der Waals surface area contributed by atoms with Gasteiger partial charge in [-0.3, -0.25) is 4.98 Å². The summed E-state index contributed by atoms with van der Waals surface area (Å²) >= 11 is 0. The number of nitrogens with zero attached hydrogens (tertiary/aromatic N) is 2. The summed E-state index contributed by atoms with van der Waals surface area (Å²) in [4.78, 5) is 9.00. The zero-order valence-electron chi connectivity index (χ0n) is 9.99. The average Bonchev–Trinajstić information content (AvgIpc) is 2.27. The molecule has 0 atom stereocenters. The number of hydrogen-bond acceptors (Lipinski definition) is 2. The van der Waals surface area contributed by atoms with Crippen LogP contribution in [0.1, 0.15) is 38.1 Å². The summed E-state index contributed by atoms with van der Waals surface area (Å²) in [6.45, 7) is 10.2. The van der Waals surface area contributed by atoms with Crippen molar-refractivity contribution < 1.29 is 0 Å². The van der Waals surface area contributed by atoms with Gasteiger partial charge in [0.05, 0.1) is 11.2 Å². The maximum absolute atomic E-state index is 4.58. The quantitative estimate of drug-likeness (QED) is 0.757. The van der Waals surface area contributed by atoms with E-state index in [0.29, 0.717) is 5.92 Å². The Hall–Kier alpha value is -1.70. The first-order chi connectivity index (χ1) is 7.58. The second kappa shape index (κ2) is 4.05. The van der Waals surface area contributed by atoms with Gasteiger partial charge in [-0.2, -0.15) is 0 Å². The molecule has 82 valence electrons. The van der Waals surface area contributed by atoms with E-state index in [9.17, 15) is 0 Å². The second-order valence-corrected chi connectivity index (χ2v) is 4.43. The molecule has 0 aliphatic rings. The van der Waals surface area contributed by atoms with Crippen molar-refractivity contribution >= 4 is 16.5 Å². The number of fused-ring (bicyclic) bond motifs is 1. The maximum Gasteiger partial charge on any atom is 0.0743 e. The minimum Gasteiger partial charge on any atom is -0.260 e. The highest BCUT2D eigenvalue weighted by Crippen LogP contribution is 2.19. The zero-order valence-corrected chi connectivity index (χ0v) is 9.99. The lowest BCUT2D eigenvalue weighted by Gasteiger charge is -2.06. The van der Waals surface area contributed by atoms with Crippen LogP contribution in [0.25, 0.3) is 16.5 Å². The van der Waals surface area contributed by atoms with Gasteiger partial charge in [-0.15, -0.1) is 0 Å². The van der Waals surface area contributed by atoms with Gasteiger partial charge in [-0.05, 0) is 36.6 Å². The molecule has 0 amide bonds. The van der Waals surface area contributed by atoms with Crippen LogP contribution < -0.4 is 0 Å². The molecule has 2 nitrogen and oxygen atoms in total. The van der Waals surface area contributed by atoms with Crippen molar-refractivity contribution in [2.45, 2.75) is 26.7 Å². The van der Waals surface area contributed by atoms with E-state index < -0.39 is 0 Å². The fourth-order valence-corrected chi connectivity index (χ4v) is 1.59. The fraction of sp³-hybridized carbons (Fsp3) is 0.286. The van der Waals surface area contributed by atoms with E-state index >= 15 is 0 Å². The van der Waals surface area contributed by atoms with Gasteiger partial charge in [0.1, 0.15) is 0 Å². The Morgan fingerprint density at radius 1 is 1.31 bits per heavy atom. The van der Waals surface area contributed by atoms with E-state index in [0.717, 1.165) is 27.9 Å². The van der Waals surface area contributed by atoms with Crippen molar-refractivity contribution in [1.82, 2.24) is 9.97 Å². The van der Waals surface area contributed by atoms with Crippen LogP contribution in [-0.2, 0) is 0 Å². The number of rotatable bonds is 2. The maximum atomic E-state index is 4.58. The predicted molar refractivity (Wildman–Crippen MR) is 68.3 cm³/mol. The first-order valence-electron chi connectivity index (χ1n) is 5.50. The molecule has 0 aliphatic heterocycles. The van der Waals surface area contributed by atoms with Crippen LogP contribution in [-0.4, -0.2) is 9.97 Å². The van der Waals surface area contributed by atoms with E-state index in [1.165, 1.54) is 0 Å². The third-order valence-electron chi connectivity index (χ3n) is 2.62. The molecule has 0 saturated heterocycles. The summed E-state index contributed by atoms with van der Waals surface area (Å²) < 4.78 is 0. The standard InChI is InChI=1S/C14H16N2/c1-9(2)12-6-5-11-8-15-13(10(3)4)7-14(11)16-12/h5-8,10H,1H2,2-4H3. The minimum absolute atomic E-state index is 0.430. The van der Waals surface area contributed by atoms with Crippen molar-refractivity contribution in [3.8, 4) is 0 Å². The molecule has 2 aromatic rings. The summed E-state index contributed by atoms with van der Waals surface area (Å²) in [6, 6.07) is 6.09. The lowest BCUT2D eigenvalue weighted by Crippen LogP contribution is -1.94. The normalized spacial score (nSPS) is 11.0. The molecular formula is C14H16N2. The first kappa shape index (κ1) is 10.8. The van der Waals surface area contributed by atoms with Crippen LogP contribution in [0.3, 0.4) is 0 Å². The number of aromatic nitrogens is 2. The van der Waals surface area contributed by atoms with Gasteiger partial charge in [0.15, 0.2) is 0 Å². The summed E-state index contributed by atoms with van der Waals surface area (Å²) in [5, 5.41) is 1.08. The van der Waals surface area contributed by atoms with Gasteiger partial charge in [0, 0.05) is 17.3 Å². The Morgan fingerprint density at radius 2 is 2.06 bits per heavy atom. The summed E-state index contributed by atoms with van der Waals surface area (Å²) in [5.41, 5.74) is 4.02. The lowest BCUT2D eigenvalue weighted by molar-refractivity contribution is 0.825. The van der Waals surface area contributed by atoms with Crippen LogP contribution in [0.15, 0.2) is 31.0 Å². The van der Waals surface area contributed by atoms with Crippen molar-refractivity contribution in [2.24, 2.45) is 0 Å². The Kier molecular flexibility index (Phi) is 2.73. The van der Waals surface area contributed by atoms with E-state index in [1.807, 2.05) is 25.3 Å². The Bertz CT molecular complexity index is 541. The second-order valence-electron chi connectivity index (χ2n) is 4.43. The third-order valence-corrected chi connectivity index (χ3v) is 2.62. The summed E-state index contributed by atoms with van der Waals surface area (Å²) in [7, 11) is 0. The molecule has 2 rings (SSSR count). The van der Waals surface area contributed by atoms with Crippen molar-refractivity contribution in [3.63, 3.8) is 0 Å². The molecule has 0 radical (unpaired) electrons. The van der Waals surface area contributed by atoms with Gasteiger partial charge in [-0.25, -0.2) is 4.98 Å². The summed E-state index contributed by atoms with van der Waals surface area (Å²) in [6.07, 6.45) is 1.89. The van der Waals surface area contributed by atoms with Crippen LogP contribution in [0.5, 0.6) is 0 Å². The zero-order chi connectivity index (χ0) is 11.7. The molecule has 2 heteroatoms. The van der Waals surface area contributed by atoms with Gasteiger partial charge in [0.25, 0.3) is 0 Å². The van der Waals surface area contributed by atoms with Crippen molar-refractivity contribution in [1.29, 1.82) is 0 Å². The molecule has 0 N–H and O–H groups in total. The van der Waals surface area contributed by atoms with Crippen LogP contribution in [0, 0.1) is 0 Å². The van der Waals surface area contributed by atoms with E-state index in [1.54, 1.807) is 0 Å². The summed E-state index contributed by atoms with van der Waals surface area (Å²) in [5.74, 6) is 0.430. The van der Waals surface area contributed by atoms with Gasteiger partial charge < -0.3 is 0 Å². The molecule has 0 spiro atoms. The molecule has 0 unspecified atom stereocenters. The van der Waals surface area contributed by atoms with Crippen molar-refractivity contribution in [3.05, 3.63) is 42.4 Å². The monoisotopic (exact) mass is 212 g/mol. The number of pyridine rings is 2. The van der Waals surface area contributed by atoms with Crippen LogP contribution in [0.4, 0.5) is 0 Å². The Labute approximate surface area is 96.1 Å². The number of allylic oxidation sites excluding steroid dienone is 1. The largest absolute Gasteiger partial charge is 0.260 e. The molecule has 16 heavy (non-hydrogen) atoms. The highest BCUT2D eigenvalue weighted by atomic mass is 14.7. The van der Waals surface area contributed by atoms with Gasteiger partial charge in [0.2, 0.25) is 0 Å². The molecule has 2 aromatic heterocycles. The number of hydrogen-bond donors (Lipinski definition) is 0. The minimum atomic E-state index is 0.430. The van der Waals surface area contributed by atoms with Crippen LogP contribution in [0.2, 0.25) is 0 Å². The van der Waals surface area contributed by atoms with Crippen molar-refractivity contribution in [2.75, 3.05) is 0 Å². The highest BCUT2D eigenvalue weighted by molar-refractivity contribution is 5.80. The fourth-order valence-electron chi connectivity index (χ4n) is 1.59. The van der Waals surface area contributed by atoms with E-state index in [2.05, 4.69) is 36.5 Å². The lowest BCUT2D eigenvalue weighted by atomic mass is 10.1. The SMILES string of the molecule is C=C(C)c1ccc2cnc(C(C)C)cc2n1. The molecule has 0 aromatic carbocycles. The third kappa shape index (κ3) is 1.96. The van der Waals surface area contributed by atoms with Gasteiger partial charge in [-0.1, -0.05) is 20.4 Å². The Balaban J connectivity index is 2.61. The molecule has 0 fully saturated rings. The molecular weight excluding hydrogens is 196 g/mol. The molecule has 0 saturated carbocycles. The van der Waals surface area contributed by atoms with Crippen LogP contribution >= 0.6 is 0 Å². The van der Waals surface area contributed by atoms with Gasteiger partial charge >= 0.3 is 0 Å². The molecule has 0 aliphatic carbocycles. The average molecular weight is 212 g/mol. The van der Waals surface area contributed by atoms with E-state index in [4.69, 9.17) is 0 Å². The predicted octanol–water partition coefficient (Wildman–Crippen LogP) is 3.79. The highest BCUT2D eigenvalue weighted by Gasteiger charge is 2.04. The molecule has 2 heterocycles. The topological polar surface area (TPSA) is 25.8 Å². The van der Waals surface area contributed by atoms with E-state index in [-0.39, 0.29) is 0 Å². The Morgan fingerprint density at radius 3 is 2.69 bits per heavy atom. The smallest absolute Gasteiger partial charge is 0.0743 e.